The molecule has 1 N–H and O–H groups in total. The summed E-state index contributed by atoms with van der Waals surface area (Å²) in [6, 6.07) is 6.01. The summed E-state index contributed by atoms with van der Waals surface area (Å²) < 4.78 is 30.9. The highest BCUT2D eigenvalue weighted by Crippen LogP contribution is 2.15. The predicted molar refractivity (Wildman–Crippen MR) is 62.3 cm³/mol. The third-order valence-corrected chi connectivity index (χ3v) is 2.46. The molecule has 7 heteroatoms. The van der Waals surface area contributed by atoms with Gasteiger partial charge in [0.15, 0.2) is 0 Å². The molecule has 2 aromatic rings. The first kappa shape index (κ1) is 13.2. The SMILES string of the molecule is O=[N+]([O-])c1ccc(CNCc2ccc(F)cc2F)o1. The van der Waals surface area contributed by atoms with Crippen LogP contribution < -0.4 is 5.32 Å². The van der Waals surface area contributed by atoms with Gasteiger partial charge in [-0.25, -0.2) is 8.78 Å². The fourth-order valence-electron chi connectivity index (χ4n) is 1.55. The monoisotopic (exact) mass is 268 g/mol. The second-order valence-electron chi connectivity index (χ2n) is 3.84. The Bertz CT molecular complexity index is 598. The van der Waals surface area contributed by atoms with Crippen LogP contribution in [0, 0.1) is 21.7 Å². The second-order valence-corrected chi connectivity index (χ2v) is 3.84. The zero-order valence-electron chi connectivity index (χ0n) is 9.73. The maximum absolute atomic E-state index is 13.3. The lowest BCUT2D eigenvalue weighted by molar-refractivity contribution is -0.402. The molecule has 1 aromatic carbocycles. The van der Waals surface area contributed by atoms with Gasteiger partial charge in [-0.05, 0) is 12.1 Å². The summed E-state index contributed by atoms with van der Waals surface area (Å²) >= 11 is 0. The first-order chi connectivity index (χ1) is 9.06. The first-order valence-electron chi connectivity index (χ1n) is 5.44. The van der Waals surface area contributed by atoms with Crippen LogP contribution in [-0.2, 0) is 13.1 Å². The van der Waals surface area contributed by atoms with Crippen molar-refractivity contribution in [2.75, 3.05) is 0 Å². The highest BCUT2D eigenvalue weighted by molar-refractivity contribution is 5.19. The molecule has 0 bridgehead atoms. The molecule has 0 saturated carbocycles. The van der Waals surface area contributed by atoms with Crippen LogP contribution in [0.25, 0.3) is 0 Å². The van der Waals surface area contributed by atoms with Crippen LogP contribution >= 0.6 is 0 Å². The smallest absolute Gasteiger partial charge is 0.404 e. The summed E-state index contributed by atoms with van der Waals surface area (Å²) in [5.74, 6) is -1.25. The van der Waals surface area contributed by atoms with E-state index in [0.29, 0.717) is 11.3 Å². The summed E-state index contributed by atoms with van der Waals surface area (Å²) in [5, 5.41) is 13.2. The average Bonchev–Trinajstić information content (AvgIpc) is 2.81. The van der Waals surface area contributed by atoms with Crippen LogP contribution in [-0.4, -0.2) is 4.92 Å². The molecule has 0 aliphatic rings. The highest BCUT2D eigenvalue weighted by atomic mass is 19.1. The summed E-state index contributed by atoms with van der Waals surface area (Å²) in [6.45, 7) is 0.380. The molecule has 0 saturated heterocycles. The van der Waals surface area contributed by atoms with Gasteiger partial charge < -0.3 is 9.73 Å². The van der Waals surface area contributed by atoms with Gasteiger partial charge in [0, 0.05) is 18.2 Å². The minimum atomic E-state index is -0.641. The third-order valence-electron chi connectivity index (χ3n) is 2.46. The minimum absolute atomic E-state index is 0.167. The van der Waals surface area contributed by atoms with Gasteiger partial charge in [0.2, 0.25) is 0 Å². The lowest BCUT2D eigenvalue weighted by atomic mass is 10.2. The van der Waals surface area contributed by atoms with E-state index in [2.05, 4.69) is 5.32 Å². The quantitative estimate of drug-likeness (QED) is 0.668. The van der Waals surface area contributed by atoms with Crippen LogP contribution in [0.1, 0.15) is 11.3 Å². The van der Waals surface area contributed by atoms with Gasteiger partial charge in [-0.2, -0.15) is 0 Å². The zero-order valence-corrected chi connectivity index (χ0v) is 9.73. The van der Waals surface area contributed by atoms with Gasteiger partial charge in [0.1, 0.15) is 22.3 Å². The number of nitrogens with one attached hydrogen (secondary N) is 1. The van der Waals surface area contributed by atoms with Gasteiger partial charge >= 0.3 is 5.88 Å². The lowest BCUT2D eigenvalue weighted by Gasteiger charge is -2.04. The van der Waals surface area contributed by atoms with Crippen molar-refractivity contribution in [3.63, 3.8) is 0 Å². The highest BCUT2D eigenvalue weighted by Gasteiger charge is 2.11. The molecule has 1 aromatic heterocycles. The van der Waals surface area contributed by atoms with Crippen molar-refractivity contribution in [3.05, 3.63) is 63.4 Å². The van der Waals surface area contributed by atoms with E-state index in [9.17, 15) is 18.9 Å². The van der Waals surface area contributed by atoms with Gasteiger partial charge in [-0.3, -0.25) is 10.1 Å². The van der Waals surface area contributed by atoms with Crippen molar-refractivity contribution < 1.29 is 18.1 Å². The van der Waals surface area contributed by atoms with Crippen LogP contribution in [0.5, 0.6) is 0 Å². The van der Waals surface area contributed by atoms with Crippen molar-refractivity contribution in [2.45, 2.75) is 13.1 Å². The van der Waals surface area contributed by atoms with Gasteiger partial charge in [0.05, 0.1) is 12.6 Å². The summed E-state index contributed by atoms with van der Waals surface area (Å²) in [4.78, 5) is 9.76. The fourth-order valence-corrected chi connectivity index (χ4v) is 1.55. The number of benzene rings is 1. The lowest BCUT2D eigenvalue weighted by Crippen LogP contribution is -2.13. The number of furan rings is 1. The van der Waals surface area contributed by atoms with E-state index >= 15 is 0 Å². The van der Waals surface area contributed by atoms with Crippen LogP contribution in [0.3, 0.4) is 0 Å². The summed E-state index contributed by atoms with van der Waals surface area (Å²) in [5.41, 5.74) is 0.308. The van der Waals surface area contributed by atoms with E-state index in [0.717, 1.165) is 12.1 Å². The van der Waals surface area contributed by atoms with Crippen molar-refractivity contribution in [2.24, 2.45) is 0 Å². The van der Waals surface area contributed by atoms with E-state index < -0.39 is 16.6 Å². The Hall–Kier alpha value is -2.28. The van der Waals surface area contributed by atoms with Gasteiger partial charge in [0.25, 0.3) is 0 Å². The fraction of sp³-hybridized carbons (Fsp3) is 0.167. The number of rotatable bonds is 5. The Labute approximate surface area is 107 Å². The van der Waals surface area contributed by atoms with E-state index in [1.165, 1.54) is 18.2 Å². The maximum Gasteiger partial charge on any atom is 0.433 e. The molecular formula is C12H10F2N2O3. The normalized spacial score (nSPS) is 10.6. The first-order valence-corrected chi connectivity index (χ1v) is 5.44. The molecule has 0 aliphatic carbocycles. The molecule has 0 atom stereocenters. The molecule has 1 heterocycles. The molecule has 19 heavy (non-hydrogen) atoms. The molecule has 0 radical (unpaired) electrons. The van der Waals surface area contributed by atoms with Crippen molar-refractivity contribution in [1.82, 2.24) is 5.32 Å². The molecule has 0 fully saturated rings. The Morgan fingerprint density at radius 1 is 1.21 bits per heavy atom. The molecule has 2 rings (SSSR count). The number of hydrogen-bond acceptors (Lipinski definition) is 4. The average molecular weight is 268 g/mol. The summed E-state index contributed by atoms with van der Waals surface area (Å²) in [7, 11) is 0. The van der Waals surface area contributed by atoms with Crippen molar-refractivity contribution in [3.8, 4) is 0 Å². The second kappa shape index (κ2) is 5.57. The van der Waals surface area contributed by atoms with E-state index in [1.54, 1.807) is 0 Å². The Morgan fingerprint density at radius 3 is 2.63 bits per heavy atom. The number of hydrogen-bond donors (Lipinski definition) is 1. The molecule has 0 amide bonds. The molecule has 100 valence electrons. The maximum atomic E-state index is 13.3. The van der Waals surface area contributed by atoms with Gasteiger partial charge in [-0.15, -0.1) is 0 Å². The molecular weight excluding hydrogens is 258 g/mol. The molecule has 0 spiro atoms. The van der Waals surface area contributed by atoms with Crippen LogP contribution in [0.2, 0.25) is 0 Å². The number of nitrogens with zero attached hydrogens (tertiary/aromatic N) is 1. The van der Waals surface area contributed by atoms with Gasteiger partial charge in [-0.1, -0.05) is 6.07 Å². The van der Waals surface area contributed by atoms with Crippen molar-refractivity contribution in [1.29, 1.82) is 0 Å². The van der Waals surface area contributed by atoms with Crippen LogP contribution in [0.4, 0.5) is 14.7 Å². The zero-order chi connectivity index (χ0) is 13.8. The standard InChI is InChI=1S/C12H10F2N2O3/c13-9-2-1-8(11(14)5-9)6-15-7-10-3-4-12(19-10)16(17)18/h1-5,15H,6-7H2. The Kier molecular flexibility index (Phi) is 3.86. The Morgan fingerprint density at radius 2 is 2.00 bits per heavy atom. The summed E-state index contributed by atoms with van der Waals surface area (Å²) in [6.07, 6.45) is 0. The third kappa shape index (κ3) is 3.35. The minimum Gasteiger partial charge on any atom is -0.404 e. The molecule has 0 aliphatic heterocycles. The molecule has 5 nitrogen and oxygen atoms in total. The van der Waals surface area contributed by atoms with E-state index in [1.807, 2.05) is 0 Å². The Balaban J connectivity index is 1.90. The largest absolute Gasteiger partial charge is 0.433 e. The predicted octanol–water partition coefficient (Wildman–Crippen LogP) is 2.76. The van der Waals surface area contributed by atoms with E-state index in [-0.39, 0.29) is 19.0 Å². The topological polar surface area (TPSA) is 68.3 Å². The van der Waals surface area contributed by atoms with E-state index in [4.69, 9.17) is 4.42 Å². The van der Waals surface area contributed by atoms with Crippen LogP contribution in [0.15, 0.2) is 34.7 Å². The van der Waals surface area contributed by atoms with Crippen molar-refractivity contribution >= 4 is 5.88 Å². The molecule has 0 unspecified atom stereocenters. The number of halogens is 2. The number of nitro groups is 1.